The molecule has 0 unspecified atom stereocenters. The highest BCUT2D eigenvalue weighted by molar-refractivity contribution is 5.90. The minimum atomic E-state index is -0.834. The third kappa shape index (κ3) is 2.33. The van der Waals surface area contributed by atoms with Gasteiger partial charge in [0.05, 0.1) is 25.7 Å². The van der Waals surface area contributed by atoms with E-state index < -0.39 is 6.29 Å². The molecule has 0 radical (unpaired) electrons. The maximum atomic E-state index is 12.4. The Morgan fingerprint density at radius 1 is 1.38 bits per heavy atom. The minimum Gasteiger partial charge on any atom is -0.472 e. The summed E-state index contributed by atoms with van der Waals surface area (Å²) in [6, 6.07) is 1.91. The molecule has 1 N–H and O–H groups in total. The summed E-state index contributed by atoms with van der Waals surface area (Å²) in [5, 5.41) is 11.1. The van der Waals surface area contributed by atoms with E-state index in [1.165, 1.54) is 7.11 Å². The van der Waals surface area contributed by atoms with Crippen LogP contribution in [0.5, 0.6) is 0 Å². The molecular formula is C21H28O5. The Hall–Kier alpha value is -1.59. The van der Waals surface area contributed by atoms with Crippen LogP contribution >= 0.6 is 0 Å². The summed E-state index contributed by atoms with van der Waals surface area (Å²) in [7, 11) is 1.44. The molecule has 2 aliphatic carbocycles. The van der Waals surface area contributed by atoms with Gasteiger partial charge < -0.3 is 19.0 Å². The molecule has 0 bridgehead atoms. The maximum absolute atomic E-state index is 12.4. The van der Waals surface area contributed by atoms with Crippen molar-refractivity contribution in [2.75, 3.05) is 7.11 Å². The molecule has 1 aromatic rings. The minimum absolute atomic E-state index is 0.166. The van der Waals surface area contributed by atoms with Crippen LogP contribution in [0, 0.1) is 22.7 Å². The van der Waals surface area contributed by atoms with Crippen molar-refractivity contribution < 1.29 is 23.8 Å². The van der Waals surface area contributed by atoms with Crippen molar-refractivity contribution in [3.05, 3.63) is 35.8 Å². The average Bonchev–Trinajstić information content (AvgIpc) is 3.27. The number of aliphatic hydroxyl groups excluding tert-OH is 1. The summed E-state index contributed by atoms with van der Waals surface area (Å²) in [4.78, 5) is 12.4. The van der Waals surface area contributed by atoms with Crippen molar-refractivity contribution in [1.82, 2.24) is 0 Å². The van der Waals surface area contributed by atoms with Gasteiger partial charge in [-0.15, -0.1) is 0 Å². The van der Waals surface area contributed by atoms with Crippen molar-refractivity contribution in [1.29, 1.82) is 0 Å². The fourth-order valence-electron chi connectivity index (χ4n) is 6.03. The zero-order valence-electron chi connectivity index (χ0n) is 15.7. The largest absolute Gasteiger partial charge is 0.472 e. The van der Waals surface area contributed by atoms with Gasteiger partial charge in [-0.3, -0.25) is 0 Å². The van der Waals surface area contributed by atoms with Gasteiger partial charge in [-0.25, -0.2) is 4.79 Å². The summed E-state index contributed by atoms with van der Waals surface area (Å²) < 4.78 is 16.3. The molecule has 26 heavy (non-hydrogen) atoms. The number of carbonyl (C=O) groups excluding carboxylic acids is 1. The number of carbonyl (C=O) groups is 1. The number of methoxy groups -OCH3 is 1. The zero-order valence-corrected chi connectivity index (χ0v) is 15.7. The zero-order chi connectivity index (χ0) is 18.5. The van der Waals surface area contributed by atoms with E-state index in [1.807, 2.05) is 12.1 Å². The van der Waals surface area contributed by atoms with E-state index in [9.17, 15) is 9.90 Å². The van der Waals surface area contributed by atoms with E-state index in [0.29, 0.717) is 5.92 Å². The molecule has 1 aliphatic heterocycles. The molecule has 1 saturated carbocycles. The van der Waals surface area contributed by atoms with Crippen molar-refractivity contribution >= 4 is 5.97 Å². The van der Waals surface area contributed by atoms with Crippen LogP contribution in [0.4, 0.5) is 0 Å². The van der Waals surface area contributed by atoms with Crippen LogP contribution in [0.2, 0.25) is 0 Å². The van der Waals surface area contributed by atoms with Crippen LogP contribution in [0.25, 0.3) is 0 Å². The van der Waals surface area contributed by atoms with Crippen LogP contribution in [-0.2, 0) is 14.3 Å². The third-order valence-corrected chi connectivity index (χ3v) is 7.46. The van der Waals surface area contributed by atoms with E-state index in [1.54, 1.807) is 12.5 Å². The third-order valence-electron chi connectivity index (χ3n) is 7.46. The first-order chi connectivity index (χ1) is 12.4. The van der Waals surface area contributed by atoms with Crippen molar-refractivity contribution in [2.45, 2.75) is 58.3 Å². The highest BCUT2D eigenvalue weighted by Crippen LogP contribution is 2.67. The maximum Gasteiger partial charge on any atom is 0.333 e. The molecule has 4 rings (SSSR count). The lowest BCUT2D eigenvalue weighted by atomic mass is 9.46. The molecular weight excluding hydrogens is 332 g/mol. The Balaban J connectivity index is 1.74. The van der Waals surface area contributed by atoms with Gasteiger partial charge in [-0.05, 0) is 50.0 Å². The summed E-state index contributed by atoms with van der Waals surface area (Å²) in [5.74, 6) is 0.274. The van der Waals surface area contributed by atoms with Crippen LogP contribution < -0.4 is 0 Å². The molecule has 2 heterocycles. The van der Waals surface area contributed by atoms with Crippen LogP contribution in [0.15, 0.2) is 34.7 Å². The van der Waals surface area contributed by atoms with E-state index >= 15 is 0 Å². The second-order valence-electron chi connectivity index (χ2n) is 8.45. The average molecular weight is 360 g/mol. The van der Waals surface area contributed by atoms with Gasteiger partial charge in [0.15, 0.2) is 6.29 Å². The second kappa shape index (κ2) is 6.24. The number of furan rings is 1. The molecule has 3 aliphatic rings. The standard InChI is InChI=1S/C21H28O5/c1-13-7-9-20(2)15(18(22)24-3)5-4-6-17(20)21(13)11-16(26-19(21)23)14-8-10-25-12-14/h5,8,10,12-13,16-17,19,23H,4,6-7,9,11H2,1-3H3/t13-,16-,17-,19-,20+,21-/m1/s1. The summed E-state index contributed by atoms with van der Waals surface area (Å²) in [6.07, 6.45) is 8.82. The second-order valence-corrected chi connectivity index (χ2v) is 8.45. The number of fused-ring (bicyclic) bond motifs is 2. The highest BCUT2D eigenvalue weighted by Gasteiger charge is 2.64. The number of hydrogen-bond donors (Lipinski definition) is 1. The van der Waals surface area contributed by atoms with Gasteiger partial charge in [0.25, 0.3) is 0 Å². The first-order valence-electron chi connectivity index (χ1n) is 9.58. The Morgan fingerprint density at radius 2 is 2.19 bits per heavy atom. The molecule has 0 amide bonds. The fourth-order valence-corrected chi connectivity index (χ4v) is 6.03. The van der Waals surface area contributed by atoms with Crippen molar-refractivity contribution in [3.8, 4) is 0 Å². The quantitative estimate of drug-likeness (QED) is 0.808. The lowest BCUT2D eigenvalue weighted by molar-refractivity contribution is -0.197. The molecule has 5 nitrogen and oxygen atoms in total. The van der Waals surface area contributed by atoms with Crippen LogP contribution in [0.3, 0.4) is 0 Å². The molecule has 142 valence electrons. The van der Waals surface area contributed by atoms with Crippen molar-refractivity contribution in [3.63, 3.8) is 0 Å². The fraction of sp³-hybridized carbons (Fsp3) is 0.667. The number of allylic oxidation sites excluding steroid dienone is 1. The number of rotatable bonds is 2. The monoisotopic (exact) mass is 360 g/mol. The van der Waals surface area contributed by atoms with Crippen LogP contribution in [-0.4, -0.2) is 24.5 Å². The van der Waals surface area contributed by atoms with Gasteiger partial charge in [0.1, 0.15) is 0 Å². The van der Waals surface area contributed by atoms with Gasteiger partial charge in [0, 0.05) is 22.0 Å². The first kappa shape index (κ1) is 17.8. The SMILES string of the molecule is COC(=O)C1=CCC[C@H]2[C@@]3(C[C@H](c4ccoc4)O[C@H]3O)[C@H](C)CC[C@@]12C. The number of ether oxygens (including phenoxy) is 2. The topological polar surface area (TPSA) is 68.9 Å². The predicted molar refractivity (Wildman–Crippen MR) is 94.9 cm³/mol. The summed E-state index contributed by atoms with van der Waals surface area (Å²) >= 11 is 0. The van der Waals surface area contributed by atoms with E-state index in [2.05, 4.69) is 13.8 Å². The summed E-state index contributed by atoms with van der Waals surface area (Å²) in [6.45, 7) is 4.39. The molecule has 2 fully saturated rings. The molecule has 5 heteroatoms. The molecule has 1 aromatic heterocycles. The highest BCUT2D eigenvalue weighted by atomic mass is 16.6. The molecule has 1 spiro atoms. The summed E-state index contributed by atoms with van der Waals surface area (Å²) in [5.41, 5.74) is 1.11. The van der Waals surface area contributed by atoms with E-state index in [4.69, 9.17) is 13.9 Å². The Kier molecular flexibility index (Phi) is 4.27. The van der Waals surface area contributed by atoms with Crippen molar-refractivity contribution in [2.24, 2.45) is 22.7 Å². The number of hydrogen-bond acceptors (Lipinski definition) is 5. The van der Waals surface area contributed by atoms with Gasteiger partial charge in [-0.1, -0.05) is 19.9 Å². The first-order valence-corrected chi connectivity index (χ1v) is 9.58. The Labute approximate surface area is 154 Å². The van der Waals surface area contributed by atoms with E-state index in [-0.39, 0.29) is 28.8 Å². The lowest BCUT2D eigenvalue weighted by Crippen LogP contribution is -2.55. The van der Waals surface area contributed by atoms with Crippen LogP contribution in [0.1, 0.15) is 57.6 Å². The molecule has 0 aromatic carbocycles. The van der Waals surface area contributed by atoms with E-state index in [0.717, 1.165) is 43.2 Å². The van der Waals surface area contributed by atoms with Gasteiger partial charge >= 0.3 is 5.97 Å². The molecule has 1 saturated heterocycles. The smallest absolute Gasteiger partial charge is 0.333 e. The molecule has 6 atom stereocenters. The Morgan fingerprint density at radius 3 is 2.88 bits per heavy atom. The Bertz CT molecular complexity index is 708. The lowest BCUT2D eigenvalue weighted by Gasteiger charge is -2.57. The normalized spacial score (nSPS) is 42.4. The van der Waals surface area contributed by atoms with Gasteiger partial charge in [0.2, 0.25) is 0 Å². The van der Waals surface area contributed by atoms with Gasteiger partial charge in [-0.2, -0.15) is 0 Å². The number of esters is 1. The number of aliphatic hydroxyl groups is 1. The predicted octanol–water partition coefficient (Wildman–Crippen LogP) is 3.99.